The molecule has 1 unspecified atom stereocenters. The van der Waals surface area contributed by atoms with Crippen LogP contribution in [0.3, 0.4) is 0 Å². The monoisotopic (exact) mass is 419 g/mol. The van der Waals surface area contributed by atoms with Crippen molar-refractivity contribution >= 4 is 5.69 Å². The Labute approximate surface area is 186 Å². The number of ether oxygens (including phenoxy) is 2. The number of anilines is 1. The van der Waals surface area contributed by atoms with Gasteiger partial charge in [-0.2, -0.15) is 5.26 Å². The summed E-state index contributed by atoms with van der Waals surface area (Å²) in [5.41, 5.74) is 1.81. The van der Waals surface area contributed by atoms with Crippen LogP contribution in [0.15, 0.2) is 48.5 Å². The van der Waals surface area contributed by atoms with Gasteiger partial charge in [-0.3, -0.25) is 4.90 Å². The summed E-state index contributed by atoms with van der Waals surface area (Å²) in [7, 11) is 1.69. The predicted octanol–water partition coefficient (Wildman–Crippen LogP) is 4.94. The van der Waals surface area contributed by atoms with E-state index in [0.29, 0.717) is 23.6 Å². The minimum atomic E-state index is 0.292. The van der Waals surface area contributed by atoms with Crippen molar-refractivity contribution in [1.82, 2.24) is 4.90 Å². The van der Waals surface area contributed by atoms with E-state index in [2.05, 4.69) is 23.2 Å². The SMILES string of the molecule is COc1cccc(OC2CN(C3CCC(C(C)CNc4ccc(C#N)cc4)CC3)C2)c1. The van der Waals surface area contributed by atoms with Crippen molar-refractivity contribution < 1.29 is 9.47 Å². The molecule has 1 aliphatic heterocycles. The van der Waals surface area contributed by atoms with Gasteiger partial charge < -0.3 is 14.8 Å². The van der Waals surface area contributed by atoms with Gasteiger partial charge in [-0.1, -0.05) is 13.0 Å². The summed E-state index contributed by atoms with van der Waals surface area (Å²) in [6.07, 6.45) is 5.48. The molecule has 0 radical (unpaired) electrons. The van der Waals surface area contributed by atoms with Crippen molar-refractivity contribution in [2.75, 3.05) is 32.1 Å². The fourth-order valence-electron chi connectivity index (χ4n) is 4.85. The van der Waals surface area contributed by atoms with E-state index in [9.17, 15) is 0 Å². The van der Waals surface area contributed by atoms with Gasteiger partial charge in [0.1, 0.15) is 17.6 Å². The number of hydrogen-bond acceptors (Lipinski definition) is 5. The number of nitriles is 1. The maximum Gasteiger partial charge on any atom is 0.124 e. The van der Waals surface area contributed by atoms with Crippen LogP contribution in [-0.2, 0) is 0 Å². The molecule has 31 heavy (non-hydrogen) atoms. The van der Waals surface area contributed by atoms with E-state index in [1.54, 1.807) is 7.11 Å². The molecule has 1 heterocycles. The number of likely N-dealkylation sites (tertiary alicyclic amines) is 1. The van der Waals surface area contributed by atoms with Gasteiger partial charge in [0.2, 0.25) is 0 Å². The Morgan fingerprint density at radius 3 is 2.45 bits per heavy atom. The largest absolute Gasteiger partial charge is 0.497 e. The van der Waals surface area contributed by atoms with E-state index in [4.69, 9.17) is 14.7 Å². The Morgan fingerprint density at radius 2 is 1.77 bits per heavy atom. The molecule has 0 spiro atoms. The third-order valence-electron chi connectivity index (χ3n) is 6.92. The van der Waals surface area contributed by atoms with E-state index < -0.39 is 0 Å². The molecule has 1 aliphatic carbocycles. The smallest absolute Gasteiger partial charge is 0.124 e. The number of benzene rings is 2. The molecule has 5 nitrogen and oxygen atoms in total. The lowest BCUT2D eigenvalue weighted by Crippen LogP contribution is -2.58. The van der Waals surface area contributed by atoms with Crippen LogP contribution in [0.4, 0.5) is 5.69 Å². The van der Waals surface area contributed by atoms with Gasteiger partial charge in [0.25, 0.3) is 0 Å². The fraction of sp³-hybridized carbons (Fsp3) is 0.500. The van der Waals surface area contributed by atoms with Crippen molar-refractivity contribution in [2.24, 2.45) is 11.8 Å². The second kappa shape index (κ2) is 10.1. The first kappa shape index (κ1) is 21.5. The van der Waals surface area contributed by atoms with E-state index in [1.807, 2.05) is 48.5 Å². The molecular formula is C26H33N3O2. The fourth-order valence-corrected chi connectivity index (χ4v) is 4.85. The standard InChI is InChI=1S/C26H33N3O2/c1-19(16-28-22-10-6-20(15-27)7-11-22)21-8-12-23(13-9-21)29-17-26(18-29)31-25-5-3-4-24(14-25)30-2/h3-7,10-11,14,19,21,23,26,28H,8-9,12-13,16-18H2,1-2H3. The van der Waals surface area contributed by atoms with Gasteiger partial charge in [0, 0.05) is 37.4 Å². The number of methoxy groups -OCH3 is 1. The van der Waals surface area contributed by atoms with E-state index >= 15 is 0 Å². The summed E-state index contributed by atoms with van der Waals surface area (Å²) in [5, 5.41) is 12.5. The van der Waals surface area contributed by atoms with E-state index in [0.717, 1.165) is 42.7 Å². The molecule has 2 aliphatic rings. The molecule has 2 aromatic rings. The molecule has 1 atom stereocenters. The number of hydrogen-bond donors (Lipinski definition) is 1. The molecule has 0 amide bonds. The highest BCUT2D eigenvalue weighted by Crippen LogP contribution is 2.35. The Morgan fingerprint density at radius 1 is 1.06 bits per heavy atom. The normalized spacial score (nSPS) is 22.7. The minimum absolute atomic E-state index is 0.292. The predicted molar refractivity (Wildman–Crippen MR) is 124 cm³/mol. The van der Waals surface area contributed by atoms with Gasteiger partial charge in [-0.25, -0.2) is 0 Å². The van der Waals surface area contributed by atoms with Crippen LogP contribution in [0.2, 0.25) is 0 Å². The van der Waals surface area contributed by atoms with Crippen LogP contribution in [-0.4, -0.2) is 43.8 Å². The van der Waals surface area contributed by atoms with Crippen molar-refractivity contribution in [1.29, 1.82) is 5.26 Å². The summed E-state index contributed by atoms with van der Waals surface area (Å²) in [4.78, 5) is 2.60. The van der Waals surface area contributed by atoms with Gasteiger partial charge in [-0.15, -0.1) is 0 Å². The van der Waals surface area contributed by atoms with Crippen molar-refractivity contribution in [3.05, 3.63) is 54.1 Å². The van der Waals surface area contributed by atoms with Crippen molar-refractivity contribution in [3.63, 3.8) is 0 Å². The molecule has 1 saturated carbocycles. The highest BCUT2D eigenvalue weighted by atomic mass is 16.5. The Balaban J connectivity index is 1.16. The minimum Gasteiger partial charge on any atom is -0.497 e. The number of rotatable bonds is 8. The lowest BCUT2D eigenvalue weighted by molar-refractivity contribution is -0.0247. The molecule has 2 fully saturated rings. The van der Waals surface area contributed by atoms with Gasteiger partial charge in [0.15, 0.2) is 0 Å². The summed E-state index contributed by atoms with van der Waals surface area (Å²) in [5.74, 6) is 3.18. The van der Waals surface area contributed by atoms with Crippen LogP contribution in [0, 0.1) is 23.2 Å². The second-order valence-corrected chi connectivity index (χ2v) is 8.99. The zero-order valence-electron chi connectivity index (χ0n) is 18.6. The van der Waals surface area contributed by atoms with Gasteiger partial charge in [0.05, 0.1) is 18.7 Å². The zero-order chi connectivity index (χ0) is 21.6. The first-order valence-electron chi connectivity index (χ1n) is 11.4. The first-order valence-corrected chi connectivity index (χ1v) is 11.4. The maximum atomic E-state index is 8.91. The van der Waals surface area contributed by atoms with Crippen LogP contribution >= 0.6 is 0 Å². The summed E-state index contributed by atoms with van der Waals surface area (Å²) in [6.45, 7) is 5.41. The van der Waals surface area contributed by atoms with Crippen LogP contribution in [0.25, 0.3) is 0 Å². The Hall–Kier alpha value is -2.71. The molecule has 0 aromatic heterocycles. The highest BCUT2D eigenvalue weighted by Gasteiger charge is 2.36. The van der Waals surface area contributed by atoms with Crippen LogP contribution in [0.1, 0.15) is 38.2 Å². The number of nitrogens with one attached hydrogen (secondary N) is 1. The summed E-state index contributed by atoms with van der Waals surface area (Å²) < 4.78 is 11.4. The molecular weight excluding hydrogens is 386 g/mol. The zero-order valence-corrected chi connectivity index (χ0v) is 18.6. The topological polar surface area (TPSA) is 57.5 Å². The average Bonchev–Trinajstić information content (AvgIpc) is 2.80. The molecule has 4 rings (SSSR count). The molecule has 0 bridgehead atoms. The van der Waals surface area contributed by atoms with Gasteiger partial charge >= 0.3 is 0 Å². The third-order valence-corrected chi connectivity index (χ3v) is 6.92. The van der Waals surface area contributed by atoms with Crippen molar-refractivity contribution in [2.45, 2.75) is 44.8 Å². The van der Waals surface area contributed by atoms with Gasteiger partial charge in [-0.05, 0) is 73.9 Å². The van der Waals surface area contributed by atoms with Crippen molar-refractivity contribution in [3.8, 4) is 17.6 Å². The first-order chi connectivity index (χ1) is 15.1. The number of nitrogens with zero attached hydrogens (tertiary/aromatic N) is 2. The summed E-state index contributed by atoms with van der Waals surface area (Å²) in [6, 6.07) is 18.5. The Kier molecular flexibility index (Phi) is 6.99. The molecule has 1 saturated heterocycles. The lowest BCUT2D eigenvalue weighted by atomic mass is 9.78. The average molecular weight is 420 g/mol. The lowest BCUT2D eigenvalue weighted by Gasteiger charge is -2.46. The second-order valence-electron chi connectivity index (χ2n) is 8.99. The quantitative estimate of drug-likeness (QED) is 0.657. The molecule has 2 aromatic carbocycles. The van der Waals surface area contributed by atoms with Crippen LogP contribution in [0.5, 0.6) is 11.5 Å². The molecule has 164 valence electrons. The molecule has 1 N–H and O–H groups in total. The van der Waals surface area contributed by atoms with E-state index in [-0.39, 0.29) is 0 Å². The Bertz CT molecular complexity index is 878. The van der Waals surface area contributed by atoms with E-state index in [1.165, 1.54) is 25.7 Å². The highest BCUT2D eigenvalue weighted by molar-refractivity contribution is 5.47. The van der Waals surface area contributed by atoms with Crippen LogP contribution < -0.4 is 14.8 Å². The summed E-state index contributed by atoms with van der Waals surface area (Å²) >= 11 is 0. The maximum absolute atomic E-state index is 8.91. The molecule has 5 heteroatoms. The third kappa shape index (κ3) is 5.51.